The third-order valence-corrected chi connectivity index (χ3v) is 8.42. The van der Waals surface area contributed by atoms with Gasteiger partial charge in [-0.25, -0.2) is 0 Å². The van der Waals surface area contributed by atoms with E-state index in [0.717, 1.165) is 43.4 Å². The number of hydrogen-bond donors (Lipinski definition) is 2. The fourth-order valence-electron chi connectivity index (χ4n) is 5.75. The van der Waals surface area contributed by atoms with E-state index in [1.807, 2.05) is 45.0 Å². The van der Waals surface area contributed by atoms with Crippen molar-refractivity contribution in [1.29, 1.82) is 0 Å². The van der Waals surface area contributed by atoms with Crippen LogP contribution in [0.25, 0.3) is 0 Å². The standard InChI is InChI=1S/C29H48NO4/c1-19(33-24-13-9-12-23(17-24)18-30(32)28(5,6)7)11-10-15-29(8)16-14-25-22(4)26(31)20(2)21(3)27(25)34-29/h9,12-13,17-22,25-27,31-32H,10-11,14-16H2,1-8H3/q+1. The number of benzene rings is 1. The molecule has 2 aliphatic rings. The maximum absolute atomic E-state index is 10.6. The fourth-order valence-corrected chi connectivity index (χ4v) is 5.75. The van der Waals surface area contributed by atoms with E-state index in [0.29, 0.717) is 17.8 Å². The Morgan fingerprint density at radius 1 is 1.21 bits per heavy atom. The van der Waals surface area contributed by atoms with Gasteiger partial charge in [0.1, 0.15) is 5.75 Å². The highest BCUT2D eigenvalue weighted by Gasteiger charge is 2.50. The summed E-state index contributed by atoms with van der Waals surface area (Å²) in [6.45, 7) is 16.9. The molecule has 192 valence electrons. The van der Waals surface area contributed by atoms with Gasteiger partial charge in [0.25, 0.3) is 0 Å². The van der Waals surface area contributed by atoms with Crippen LogP contribution in [0.5, 0.6) is 5.75 Å². The Bertz CT molecular complexity index is 847. The van der Waals surface area contributed by atoms with Crippen LogP contribution < -0.4 is 4.74 Å². The average Bonchev–Trinajstić information content (AvgIpc) is 2.75. The van der Waals surface area contributed by atoms with Gasteiger partial charge in [0.2, 0.25) is 11.8 Å². The van der Waals surface area contributed by atoms with Gasteiger partial charge in [-0.2, -0.15) is 0 Å². The molecule has 3 rings (SSSR count). The highest BCUT2D eigenvalue weighted by molar-refractivity contribution is 5.76. The Hall–Kier alpha value is -1.59. The van der Waals surface area contributed by atoms with Gasteiger partial charge in [0.05, 0.1) is 23.9 Å². The van der Waals surface area contributed by atoms with Crippen LogP contribution in [0.1, 0.15) is 93.1 Å². The molecule has 1 aromatic carbocycles. The summed E-state index contributed by atoms with van der Waals surface area (Å²) in [5, 5.41) is 20.8. The summed E-state index contributed by atoms with van der Waals surface area (Å²) in [6, 6.07) is 7.87. The van der Waals surface area contributed by atoms with Crippen molar-refractivity contribution in [3.8, 4) is 5.75 Å². The fraction of sp³-hybridized carbons (Fsp3) is 0.759. The molecule has 8 unspecified atom stereocenters. The summed E-state index contributed by atoms with van der Waals surface area (Å²) < 4.78 is 14.2. The highest BCUT2D eigenvalue weighted by atomic mass is 16.5. The van der Waals surface area contributed by atoms with Crippen molar-refractivity contribution in [2.24, 2.45) is 23.7 Å². The van der Waals surface area contributed by atoms with E-state index in [4.69, 9.17) is 9.47 Å². The zero-order valence-corrected chi connectivity index (χ0v) is 22.6. The van der Waals surface area contributed by atoms with Crippen LogP contribution in [0.3, 0.4) is 0 Å². The second-order valence-electron chi connectivity index (χ2n) is 12.3. The number of ether oxygens (including phenoxy) is 2. The Morgan fingerprint density at radius 3 is 2.59 bits per heavy atom. The van der Waals surface area contributed by atoms with E-state index in [-0.39, 0.29) is 35.4 Å². The largest absolute Gasteiger partial charge is 0.491 e. The quantitative estimate of drug-likeness (QED) is 0.218. The smallest absolute Gasteiger partial charge is 0.223 e. The highest BCUT2D eigenvalue weighted by Crippen LogP contribution is 2.48. The van der Waals surface area contributed by atoms with Crippen molar-refractivity contribution >= 4 is 6.21 Å². The first-order valence-corrected chi connectivity index (χ1v) is 13.3. The average molecular weight is 475 g/mol. The molecule has 5 heteroatoms. The van der Waals surface area contributed by atoms with Gasteiger partial charge in [0, 0.05) is 26.3 Å². The lowest BCUT2D eigenvalue weighted by molar-refractivity contribution is -0.816. The zero-order valence-electron chi connectivity index (χ0n) is 22.6. The van der Waals surface area contributed by atoms with Crippen molar-refractivity contribution < 1.29 is 24.5 Å². The molecule has 1 aliphatic carbocycles. The molecule has 1 saturated carbocycles. The first-order valence-electron chi connectivity index (χ1n) is 13.3. The number of aliphatic hydroxyl groups is 1. The molecule has 0 aromatic heterocycles. The predicted octanol–water partition coefficient (Wildman–Crippen LogP) is 6.08. The molecule has 0 spiro atoms. The monoisotopic (exact) mass is 474 g/mol. The van der Waals surface area contributed by atoms with E-state index in [2.05, 4.69) is 34.6 Å². The Morgan fingerprint density at radius 2 is 1.91 bits per heavy atom. The number of fused-ring (bicyclic) bond motifs is 1. The van der Waals surface area contributed by atoms with Crippen molar-refractivity contribution in [3.05, 3.63) is 29.8 Å². The minimum atomic E-state index is -0.354. The van der Waals surface area contributed by atoms with Gasteiger partial charge in [-0.05, 0) is 92.6 Å². The van der Waals surface area contributed by atoms with Gasteiger partial charge >= 0.3 is 0 Å². The maximum atomic E-state index is 10.6. The summed E-state index contributed by atoms with van der Waals surface area (Å²) in [5.74, 6) is 2.26. The second kappa shape index (κ2) is 10.6. The van der Waals surface area contributed by atoms with E-state index < -0.39 is 0 Å². The van der Waals surface area contributed by atoms with Gasteiger partial charge in [-0.1, -0.05) is 26.8 Å². The molecule has 2 fully saturated rings. The number of hydrogen-bond acceptors (Lipinski definition) is 4. The molecule has 0 radical (unpaired) electrons. The molecule has 0 bridgehead atoms. The molecular weight excluding hydrogens is 426 g/mol. The second-order valence-corrected chi connectivity index (χ2v) is 12.3. The predicted molar refractivity (Wildman–Crippen MR) is 137 cm³/mol. The SMILES string of the molecule is CC(CCCC1(C)CCC2C(C)C(O)C(C)C(C)C2O1)Oc1cccc(C=[N+](O)C(C)(C)C)c1. The molecule has 1 heterocycles. The Balaban J connectivity index is 1.52. The minimum Gasteiger partial charge on any atom is -0.491 e. The van der Waals surface area contributed by atoms with Gasteiger partial charge < -0.3 is 14.6 Å². The molecule has 2 N–H and O–H groups in total. The normalized spacial score (nSPS) is 35.5. The number of hydroxylamine groups is 1. The lowest BCUT2D eigenvalue weighted by Crippen LogP contribution is -2.56. The lowest BCUT2D eigenvalue weighted by atomic mass is 9.63. The first kappa shape index (κ1) is 27.0. The van der Waals surface area contributed by atoms with Crippen molar-refractivity contribution in [2.45, 2.75) is 117 Å². The lowest BCUT2D eigenvalue weighted by Gasteiger charge is -2.53. The molecule has 1 saturated heterocycles. The number of aliphatic hydroxyl groups excluding tert-OH is 1. The van der Waals surface area contributed by atoms with E-state index >= 15 is 0 Å². The Labute approximate surface area is 207 Å². The van der Waals surface area contributed by atoms with Crippen molar-refractivity contribution in [2.75, 3.05) is 0 Å². The summed E-state index contributed by atoms with van der Waals surface area (Å²) >= 11 is 0. The van der Waals surface area contributed by atoms with Gasteiger partial charge in [-0.15, -0.1) is 0 Å². The molecule has 8 atom stereocenters. The molecule has 34 heavy (non-hydrogen) atoms. The molecule has 1 aliphatic heterocycles. The topological polar surface area (TPSA) is 61.9 Å². The number of nitrogens with zero attached hydrogens (tertiary/aromatic N) is 1. The minimum absolute atomic E-state index is 0.0940. The molecule has 1 aromatic rings. The third kappa shape index (κ3) is 6.34. The molecule has 5 nitrogen and oxygen atoms in total. The Kier molecular flexibility index (Phi) is 8.40. The van der Waals surface area contributed by atoms with Crippen molar-refractivity contribution in [3.63, 3.8) is 0 Å². The van der Waals surface area contributed by atoms with Gasteiger partial charge in [0.15, 0.2) is 0 Å². The van der Waals surface area contributed by atoms with Crippen LogP contribution in [0, 0.1) is 23.7 Å². The van der Waals surface area contributed by atoms with Crippen LogP contribution >= 0.6 is 0 Å². The summed E-state index contributed by atoms with van der Waals surface area (Å²) in [7, 11) is 0. The van der Waals surface area contributed by atoms with Crippen LogP contribution in [0.15, 0.2) is 24.3 Å². The van der Waals surface area contributed by atoms with Crippen molar-refractivity contribution in [1.82, 2.24) is 0 Å². The van der Waals surface area contributed by atoms with E-state index in [1.165, 1.54) is 4.74 Å². The summed E-state index contributed by atoms with van der Waals surface area (Å²) in [4.78, 5) is 0. The van der Waals surface area contributed by atoms with E-state index in [1.54, 1.807) is 6.21 Å². The summed E-state index contributed by atoms with van der Waals surface area (Å²) in [6.07, 6.45) is 7.12. The molecule has 0 amide bonds. The molecular formula is C29H48NO4+. The maximum Gasteiger partial charge on any atom is 0.223 e. The van der Waals surface area contributed by atoms with Gasteiger partial charge in [-0.3, -0.25) is 5.21 Å². The summed E-state index contributed by atoms with van der Waals surface area (Å²) in [5.41, 5.74) is 0.464. The van der Waals surface area contributed by atoms with E-state index in [9.17, 15) is 10.3 Å². The third-order valence-electron chi connectivity index (χ3n) is 8.42. The number of rotatable bonds is 7. The van der Waals surface area contributed by atoms with Crippen LogP contribution in [-0.2, 0) is 4.74 Å². The van der Waals surface area contributed by atoms with Crippen LogP contribution in [-0.4, -0.2) is 50.7 Å². The zero-order chi connectivity index (χ0) is 25.3. The van der Waals surface area contributed by atoms with Crippen LogP contribution in [0.4, 0.5) is 0 Å². The first-order chi connectivity index (χ1) is 15.8. The van der Waals surface area contributed by atoms with Crippen LogP contribution in [0.2, 0.25) is 0 Å².